The van der Waals surface area contributed by atoms with Gasteiger partial charge in [0.05, 0.1) is 0 Å². The monoisotopic (exact) mass is 213 g/mol. The summed E-state index contributed by atoms with van der Waals surface area (Å²) in [4.78, 5) is 0. The molecule has 2 nitrogen and oxygen atoms in total. The Morgan fingerprint density at radius 2 is 1.73 bits per heavy atom. The highest BCUT2D eigenvalue weighted by atomic mass is 16.5. The molecule has 0 amide bonds. The van der Waals surface area contributed by atoms with Crippen molar-refractivity contribution in [2.45, 2.75) is 64.3 Å². The molecule has 0 aromatic carbocycles. The molecule has 1 fully saturated rings. The van der Waals surface area contributed by atoms with Crippen molar-refractivity contribution >= 4 is 0 Å². The van der Waals surface area contributed by atoms with Crippen molar-refractivity contribution in [3.63, 3.8) is 0 Å². The predicted octanol–water partition coefficient (Wildman–Crippen LogP) is 3.12. The molecule has 0 saturated heterocycles. The summed E-state index contributed by atoms with van der Waals surface area (Å²) in [6.45, 7) is 4.95. The van der Waals surface area contributed by atoms with E-state index in [4.69, 9.17) is 4.74 Å². The maximum Gasteiger partial charge on any atom is 0.0477 e. The molecular weight excluding hydrogens is 186 g/mol. The van der Waals surface area contributed by atoms with Crippen LogP contribution < -0.4 is 5.32 Å². The Labute approximate surface area is 94.8 Å². The molecule has 1 aliphatic carbocycles. The molecule has 1 N–H and O–H groups in total. The first-order valence-corrected chi connectivity index (χ1v) is 6.74. The Morgan fingerprint density at radius 1 is 1.07 bits per heavy atom. The van der Waals surface area contributed by atoms with Crippen LogP contribution in [0.2, 0.25) is 0 Å². The Kier molecular flexibility index (Phi) is 7.94. The molecule has 0 aromatic heterocycles. The topological polar surface area (TPSA) is 21.3 Å². The lowest BCUT2D eigenvalue weighted by Crippen LogP contribution is -2.31. The highest BCUT2D eigenvalue weighted by molar-refractivity contribution is 4.69. The van der Waals surface area contributed by atoms with E-state index in [2.05, 4.69) is 12.2 Å². The van der Waals surface area contributed by atoms with Gasteiger partial charge in [-0.2, -0.15) is 0 Å². The average molecular weight is 213 g/mol. The first-order valence-electron chi connectivity index (χ1n) is 6.74. The van der Waals surface area contributed by atoms with Crippen molar-refractivity contribution in [3.8, 4) is 0 Å². The SMILES string of the molecule is CCOCCCNC1CCCCCCC1. The lowest BCUT2D eigenvalue weighted by molar-refractivity contribution is 0.143. The quantitative estimate of drug-likeness (QED) is 0.685. The molecule has 1 aliphatic rings. The second-order valence-corrected chi connectivity index (χ2v) is 4.55. The van der Waals surface area contributed by atoms with Gasteiger partial charge in [-0.05, 0) is 32.7 Å². The van der Waals surface area contributed by atoms with Crippen LogP contribution in [0.5, 0.6) is 0 Å². The Balaban J connectivity index is 1.97. The fourth-order valence-electron chi connectivity index (χ4n) is 2.29. The van der Waals surface area contributed by atoms with Gasteiger partial charge < -0.3 is 10.1 Å². The highest BCUT2D eigenvalue weighted by Gasteiger charge is 2.09. The van der Waals surface area contributed by atoms with E-state index in [1.54, 1.807) is 0 Å². The number of ether oxygens (including phenoxy) is 1. The second-order valence-electron chi connectivity index (χ2n) is 4.55. The normalized spacial score (nSPS) is 19.8. The molecule has 0 radical (unpaired) electrons. The van der Waals surface area contributed by atoms with Crippen LogP contribution in [0.4, 0.5) is 0 Å². The molecule has 1 saturated carbocycles. The van der Waals surface area contributed by atoms with Crippen molar-refractivity contribution < 1.29 is 4.74 Å². The molecule has 0 aliphatic heterocycles. The van der Waals surface area contributed by atoms with Gasteiger partial charge in [0.1, 0.15) is 0 Å². The van der Waals surface area contributed by atoms with E-state index in [0.29, 0.717) is 0 Å². The summed E-state index contributed by atoms with van der Waals surface area (Å²) < 4.78 is 5.33. The fourth-order valence-corrected chi connectivity index (χ4v) is 2.29. The summed E-state index contributed by atoms with van der Waals surface area (Å²) in [5.41, 5.74) is 0. The lowest BCUT2D eigenvalue weighted by Gasteiger charge is -2.20. The van der Waals surface area contributed by atoms with E-state index >= 15 is 0 Å². The van der Waals surface area contributed by atoms with Crippen molar-refractivity contribution in [2.75, 3.05) is 19.8 Å². The van der Waals surface area contributed by atoms with Gasteiger partial charge in [0.2, 0.25) is 0 Å². The summed E-state index contributed by atoms with van der Waals surface area (Å²) >= 11 is 0. The molecule has 1 rings (SSSR count). The van der Waals surface area contributed by atoms with Crippen LogP contribution in [0.1, 0.15) is 58.3 Å². The van der Waals surface area contributed by atoms with E-state index in [0.717, 1.165) is 32.2 Å². The second kappa shape index (κ2) is 9.17. The number of hydrogen-bond acceptors (Lipinski definition) is 2. The van der Waals surface area contributed by atoms with Gasteiger partial charge in [0.15, 0.2) is 0 Å². The maximum atomic E-state index is 5.33. The van der Waals surface area contributed by atoms with Crippen LogP contribution in [0.15, 0.2) is 0 Å². The Morgan fingerprint density at radius 3 is 2.40 bits per heavy atom. The average Bonchev–Trinajstić information content (AvgIpc) is 2.20. The van der Waals surface area contributed by atoms with E-state index in [-0.39, 0.29) is 0 Å². The van der Waals surface area contributed by atoms with Crippen molar-refractivity contribution in [1.82, 2.24) is 5.32 Å². The molecule has 0 atom stereocenters. The molecule has 2 heteroatoms. The van der Waals surface area contributed by atoms with Gasteiger partial charge in [-0.25, -0.2) is 0 Å². The molecule has 0 bridgehead atoms. The minimum absolute atomic E-state index is 0.784. The van der Waals surface area contributed by atoms with Crippen LogP contribution in [-0.2, 0) is 4.74 Å². The van der Waals surface area contributed by atoms with Gasteiger partial charge in [0, 0.05) is 19.3 Å². The fraction of sp³-hybridized carbons (Fsp3) is 1.00. The van der Waals surface area contributed by atoms with Gasteiger partial charge in [-0.3, -0.25) is 0 Å². The molecule has 0 aromatic rings. The third kappa shape index (κ3) is 6.91. The van der Waals surface area contributed by atoms with Crippen molar-refractivity contribution in [3.05, 3.63) is 0 Å². The smallest absolute Gasteiger partial charge is 0.0477 e. The largest absolute Gasteiger partial charge is 0.382 e. The minimum Gasteiger partial charge on any atom is -0.382 e. The van der Waals surface area contributed by atoms with Crippen LogP contribution in [0, 0.1) is 0 Å². The van der Waals surface area contributed by atoms with E-state index in [1.165, 1.54) is 44.9 Å². The summed E-state index contributed by atoms with van der Waals surface area (Å²) in [6, 6.07) is 0.784. The first-order chi connectivity index (χ1) is 7.43. The van der Waals surface area contributed by atoms with E-state index in [9.17, 15) is 0 Å². The van der Waals surface area contributed by atoms with Crippen LogP contribution in [0.25, 0.3) is 0 Å². The number of rotatable bonds is 6. The molecule has 0 unspecified atom stereocenters. The zero-order chi connectivity index (χ0) is 10.8. The molecular formula is C13H27NO. The minimum atomic E-state index is 0.784. The molecule has 0 spiro atoms. The zero-order valence-corrected chi connectivity index (χ0v) is 10.3. The lowest BCUT2D eigenvalue weighted by atomic mass is 9.97. The zero-order valence-electron chi connectivity index (χ0n) is 10.3. The first kappa shape index (κ1) is 13.0. The third-order valence-corrected chi connectivity index (χ3v) is 3.21. The third-order valence-electron chi connectivity index (χ3n) is 3.21. The number of nitrogens with one attached hydrogen (secondary N) is 1. The van der Waals surface area contributed by atoms with Gasteiger partial charge in [0.25, 0.3) is 0 Å². The van der Waals surface area contributed by atoms with E-state index < -0.39 is 0 Å². The summed E-state index contributed by atoms with van der Waals surface area (Å²) in [7, 11) is 0. The van der Waals surface area contributed by atoms with Crippen LogP contribution >= 0.6 is 0 Å². The maximum absolute atomic E-state index is 5.33. The molecule has 0 heterocycles. The van der Waals surface area contributed by atoms with Crippen molar-refractivity contribution in [2.24, 2.45) is 0 Å². The van der Waals surface area contributed by atoms with Gasteiger partial charge >= 0.3 is 0 Å². The molecule has 15 heavy (non-hydrogen) atoms. The van der Waals surface area contributed by atoms with Crippen molar-refractivity contribution in [1.29, 1.82) is 0 Å². The molecule has 90 valence electrons. The standard InChI is InChI=1S/C13H27NO/c1-2-15-12-8-11-14-13-9-6-4-3-5-7-10-13/h13-14H,2-12H2,1H3. The Bertz CT molecular complexity index is 130. The summed E-state index contributed by atoms with van der Waals surface area (Å²) in [6.07, 6.45) is 11.1. The van der Waals surface area contributed by atoms with Crippen LogP contribution in [0.3, 0.4) is 0 Å². The van der Waals surface area contributed by atoms with E-state index in [1.807, 2.05) is 0 Å². The highest BCUT2D eigenvalue weighted by Crippen LogP contribution is 2.16. The van der Waals surface area contributed by atoms with Gasteiger partial charge in [-0.15, -0.1) is 0 Å². The van der Waals surface area contributed by atoms with Gasteiger partial charge in [-0.1, -0.05) is 32.1 Å². The Hall–Kier alpha value is -0.0800. The summed E-state index contributed by atoms with van der Waals surface area (Å²) in [5.74, 6) is 0. The number of hydrogen-bond donors (Lipinski definition) is 1. The predicted molar refractivity (Wildman–Crippen MR) is 65.2 cm³/mol. The summed E-state index contributed by atoms with van der Waals surface area (Å²) in [5, 5.41) is 3.67. The van der Waals surface area contributed by atoms with Crippen LogP contribution in [-0.4, -0.2) is 25.8 Å².